The van der Waals surface area contributed by atoms with Crippen LogP contribution < -0.4 is 4.74 Å². The molecule has 2 aromatic heterocycles. The van der Waals surface area contributed by atoms with E-state index in [9.17, 15) is 4.79 Å². The van der Waals surface area contributed by atoms with Gasteiger partial charge in [0.1, 0.15) is 11.4 Å². The highest BCUT2D eigenvalue weighted by Crippen LogP contribution is 2.23. The Morgan fingerprint density at radius 1 is 1.21 bits per heavy atom. The second-order valence-electron chi connectivity index (χ2n) is 5.82. The maximum atomic E-state index is 12.7. The molecule has 0 spiro atoms. The fourth-order valence-electron chi connectivity index (χ4n) is 3.02. The van der Waals surface area contributed by atoms with E-state index in [1.165, 1.54) is 0 Å². The van der Waals surface area contributed by atoms with Crippen molar-refractivity contribution in [1.82, 2.24) is 19.7 Å². The summed E-state index contributed by atoms with van der Waals surface area (Å²) in [6.45, 7) is 2.15. The van der Waals surface area contributed by atoms with E-state index in [0.29, 0.717) is 18.8 Å². The number of ether oxygens (including phenoxy) is 1. The minimum absolute atomic E-state index is 0.0240. The Labute approximate surface area is 139 Å². The van der Waals surface area contributed by atoms with Crippen molar-refractivity contribution in [2.75, 3.05) is 13.7 Å². The van der Waals surface area contributed by atoms with Gasteiger partial charge in [0.2, 0.25) is 0 Å². The average Bonchev–Trinajstić information content (AvgIpc) is 3.29. The Morgan fingerprint density at radius 3 is 3.00 bits per heavy atom. The first-order chi connectivity index (χ1) is 11.7. The molecule has 4 rings (SSSR count). The number of H-pyrrole nitrogens is 1. The summed E-state index contributed by atoms with van der Waals surface area (Å²) in [6, 6.07) is 13.5. The summed E-state index contributed by atoms with van der Waals surface area (Å²) in [5.74, 6) is 0.740. The molecule has 122 valence electrons. The van der Waals surface area contributed by atoms with Crippen LogP contribution in [0.1, 0.15) is 16.2 Å². The Hall–Kier alpha value is -3.02. The number of carbonyl (C=O) groups excluding carboxylic acids is 1. The van der Waals surface area contributed by atoms with Crippen molar-refractivity contribution in [3.8, 4) is 17.0 Å². The molecule has 1 aliphatic heterocycles. The molecule has 1 N–H and O–H groups in total. The number of aromatic amines is 1. The molecule has 1 aromatic carbocycles. The normalized spacial score (nSPS) is 13.6. The SMILES string of the molecule is COc1cccc(-c2cc(C(=O)N3CCn4cccc4C3)[nH]n2)c1. The molecule has 6 heteroatoms. The van der Waals surface area contributed by atoms with Crippen LogP contribution in [-0.2, 0) is 13.1 Å². The van der Waals surface area contributed by atoms with E-state index >= 15 is 0 Å². The van der Waals surface area contributed by atoms with E-state index in [-0.39, 0.29) is 5.91 Å². The fourth-order valence-corrected chi connectivity index (χ4v) is 3.02. The number of amides is 1. The predicted octanol–water partition coefficient (Wildman–Crippen LogP) is 2.54. The van der Waals surface area contributed by atoms with Gasteiger partial charge in [-0.25, -0.2) is 0 Å². The molecule has 0 aliphatic carbocycles. The van der Waals surface area contributed by atoms with Gasteiger partial charge in [0, 0.05) is 30.5 Å². The second-order valence-corrected chi connectivity index (χ2v) is 5.82. The lowest BCUT2D eigenvalue weighted by molar-refractivity contribution is 0.0705. The van der Waals surface area contributed by atoms with Gasteiger partial charge >= 0.3 is 0 Å². The lowest BCUT2D eigenvalue weighted by Crippen LogP contribution is -2.38. The quantitative estimate of drug-likeness (QED) is 0.806. The first-order valence-electron chi connectivity index (χ1n) is 7.88. The van der Waals surface area contributed by atoms with E-state index < -0.39 is 0 Å². The van der Waals surface area contributed by atoms with Crippen molar-refractivity contribution in [2.45, 2.75) is 13.1 Å². The Bertz CT molecular complexity index is 881. The topological polar surface area (TPSA) is 63.1 Å². The van der Waals surface area contributed by atoms with Crippen molar-refractivity contribution >= 4 is 5.91 Å². The molecule has 0 bridgehead atoms. The van der Waals surface area contributed by atoms with Crippen LogP contribution in [0, 0.1) is 0 Å². The number of carbonyl (C=O) groups is 1. The van der Waals surface area contributed by atoms with Gasteiger partial charge in [0.05, 0.1) is 19.3 Å². The largest absolute Gasteiger partial charge is 0.497 e. The van der Waals surface area contributed by atoms with Crippen LogP contribution in [0.3, 0.4) is 0 Å². The third-order valence-corrected chi connectivity index (χ3v) is 4.35. The minimum Gasteiger partial charge on any atom is -0.497 e. The number of rotatable bonds is 3. The monoisotopic (exact) mass is 322 g/mol. The third-order valence-electron chi connectivity index (χ3n) is 4.35. The summed E-state index contributed by atoms with van der Waals surface area (Å²) >= 11 is 0. The van der Waals surface area contributed by atoms with Crippen LogP contribution in [0.15, 0.2) is 48.7 Å². The van der Waals surface area contributed by atoms with E-state index in [0.717, 1.165) is 29.2 Å². The van der Waals surface area contributed by atoms with Crippen LogP contribution >= 0.6 is 0 Å². The molecule has 1 aliphatic rings. The molecule has 0 radical (unpaired) electrons. The molecule has 0 unspecified atom stereocenters. The van der Waals surface area contributed by atoms with Crippen LogP contribution in [0.25, 0.3) is 11.3 Å². The zero-order valence-electron chi connectivity index (χ0n) is 13.4. The molecule has 0 saturated heterocycles. The lowest BCUT2D eigenvalue weighted by atomic mass is 10.1. The number of nitrogens with one attached hydrogen (secondary N) is 1. The molecule has 3 heterocycles. The average molecular weight is 322 g/mol. The van der Waals surface area contributed by atoms with Gasteiger partial charge in [0.25, 0.3) is 5.91 Å². The summed E-state index contributed by atoms with van der Waals surface area (Å²) in [5.41, 5.74) is 3.31. The summed E-state index contributed by atoms with van der Waals surface area (Å²) in [4.78, 5) is 14.6. The molecular formula is C18H18N4O2. The summed E-state index contributed by atoms with van der Waals surface area (Å²) in [6.07, 6.45) is 2.05. The van der Waals surface area contributed by atoms with Crippen molar-refractivity contribution in [3.63, 3.8) is 0 Å². The number of methoxy groups -OCH3 is 1. The standard InChI is InChI=1S/C18H18N4O2/c1-24-15-6-2-4-13(10-15)16-11-17(20-19-16)18(23)22-9-8-21-7-3-5-14(21)12-22/h2-7,10-11H,8-9,12H2,1H3,(H,19,20). The van der Waals surface area contributed by atoms with Gasteiger partial charge in [-0.15, -0.1) is 0 Å². The van der Waals surface area contributed by atoms with Crippen molar-refractivity contribution < 1.29 is 9.53 Å². The summed E-state index contributed by atoms with van der Waals surface area (Å²) in [5, 5.41) is 7.15. The molecule has 3 aromatic rings. The number of hydrogen-bond acceptors (Lipinski definition) is 3. The number of nitrogens with zero attached hydrogens (tertiary/aromatic N) is 3. The Balaban J connectivity index is 1.55. The highest BCUT2D eigenvalue weighted by molar-refractivity contribution is 5.93. The number of hydrogen-bond donors (Lipinski definition) is 1. The van der Waals surface area contributed by atoms with Crippen LogP contribution in [0.4, 0.5) is 0 Å². The number of aromatic nitrogens is 3. The summed E-state index contributed by atoms with van der Waals surface area (Å²) < 4.78 is 7.41. The first-order valence-corrected chi connectivity index (χ1v) is 7.88. The molecule has 0 saturated carbocycles. The van der Waals surface area contributed by atoms with Crippen molar-refractivity contribution in [3.05, 3.63) is 60.0 Å². The maximum Gasteiger partial charge on any atom is 0.272 e. The third kappa shape index (κ3) is 2.56. The first kappa shape index (κ1) is 14.6. The second kappa shape index (κ2) is 5.88. The van der Waals surface area contributed by atoms with Crippen LogP contribution in [-0.4, -0.2) is 39.2 Å². The Kier molecular flexibility index (Phi) is 3.57. The predicted molar refractivity (Wildman–Crippen MR) is 89.7 cm³/mol. The zero-order valence-corrected chi connectivity index (χ0v) is 13.4. The lowest BCUT2D eigenvalue weighted by Gasteiger charge is -2.28. The van der Waals surface area contributed by atoms with E-state index in [2.05, 4.69) is 14.8 Å². The highest BCUT2D eigenvalue weighted by atomic mass is 16.5. The summed E-state index contributed by atoms with van der Waals surface area (Å²) in [7, 11) is 1.63. The Morgan fingerprint density at radius 2 is 2.12 bits per heavy atom. The van der Waals surface area contributed by atoms with E-state index in [1.54, 1.807) is 13.2 Å². The van der Waals surface area contributed by atoms with Crippen LogP contribution in [0.2, 0.25) is 0 Å². The molecule has 0 fully saturated rings. The number of fused-ring (bicyclic) bond motifs is 1. The van der Waals surface area contributed by atoms with Crippen molar-refractivity contribution in [1.29, 1.82) is 0 Å². The molecule has 6 nitrogen and oxygen atoms in total. The van der Waals surface area contributed by atoms with E-state index in [4.69, 9.17) is 4.74 Å². The van der Waals surface area contributed by atoms with Gasteiger partial charge in [-0.1, -0.05) is 12.1 Å². The van der Waals surface area contributed by atoms with Gasteiger partial charge in [-0.2, -0.15) is 5.10 Å². The van der Waals surface area contributed by atoms with E-state index in [1.807, 2.05) is 47.5 Å². The van der Waals surface area contributed by atoms with Gasteiger partial charge < -0.3 is 14.2 Å². The highest BCUT2D eigenvalue weighted by Gasteiger charge is 2.23. The molecule has 0 atom stereocenters. The molecule has 24 heavy (non-hydrogen) atoms. The van der Waals surface area contributed by atoms with Gasteiger partial charge in [0.15, 0.2) is 0 Å². The fraction of sp³-hybridized carbons (Fsp3) is 0.222. The smallest absolute Gasteiger partial charge is 0.272 e. The number of benzene rings is 1. The molecular weight excluding hydrogens is 304 g/mol. The van der Waals surface area contributed by atoms with Crippen molar-refractivity contribution in [2.24, 2.45) is 0 Å². The van der Waals surface area contributed by atoms with Gasteiger partial charge in [-0.05, 0) is 30.3 Å². The van der Waals surface area contributed by atoms with Crippen LogP contribution in [0.5, 0.6) is 5.75 Å². The maximum absolute atomic E-state index is 12.7. The minimum atomic E-state index is -0.0240. The van der Waals surface area contributed by atoms with Gasteiger partial charge in [-0.3, -0.25) is 9.89 Å². The molecule has 1 amide bonds. The zero-order chi connectivity index (χ0) is 16.5.